The Hall–Kier alpha value is -2.22. The fourth-order valence-electron chi connectivity index (χ4n) is 2.64. The lowest BCUT2D eigenvalue weighted by atomic mass is 10.1. The molecule has 1 amide bonds. The van der Waals surface area contributed by atoms with E-state index in [9.17, 15) is 13.2 Å². The van der Waals surface area contributed by atoms with E-state index < -0.39 is 9.84 Å². The van der Waals surface area contributed by atoms with E-state index in [0.29, 0.717) is 17.1 Å². The van der Waals surface area contributed by atoms with E-state index in [1.165, 1.54) is 35.6 Å². The molecule has 5 nitrogen and oxygen atoms in total. The van der Waals surface area contributed by atoms with Crippen molar-refractivity contribution >= 4 is 38.7 Å². The van der Waals surface area contributed by atoms with Gasteiger partial charge in [-0.3, -0.25) is 4.79 Å². The van der Waals surface area contributed by atoms with Crippen molar-refractivity contribution in [3.63, 3.8) is 0 Å². The first-order valence-corrected chi connectivity index (χ1v) is 11.5. The SMILES string of the molecule is CCS(=O)(=O)c1ccc(C(=O)NCc2nc(-c3ccc(Cl)cc3)c(C)s2)cc1. The maximum atomic E-state index is 12.3. The number of carbonyl (C=O) groups excluding carboxylic acids is 1. The zero-order valence-corrected chi connectivity index (χ0v) is 17.8. The summed E-state index contributed by atoms with van der Waals surface area (Å²) in [5, 5.41) is 4.29. The molecule has 2 aromatic carbocycles. The van der Waals surface area contributed by atoms with Gasteiger partial charge in [0.1, 0.15) is 5.01 Å². The molecular weight excluding hydrogens is 416 g/mol. The zero-order valence-electron chi connectivity index (χ0n) is 15.4. The molecule has 0 radical (unpaired) electrons. The Morgan fingerprint density at radius 3 is 2.36 bits per heavy atom. The van der Waals surface area contributed by atoms with Crippen molar-refractivity contribution in [2.75, 3.05) is 5.75 Å². The molecule has 0 saturated heterocycles. The second-order valence-electron chi connectivity index (χ2n) is 6.13. The number of aromatic nitrogens is 1. The number of halogens is 1. The molecule has 0 aliphatic heterocycles. The van der Waals surface area contributed by atoms with E-state index in [2.05, 4.69) is 10.3 Å². The van der Waals surface area contributed by atoms with Gasteiger partial charge in [-0.2, -0.15) is 0 Å². The summed E-state index contributed by atoms with van der Waals surface area (Å²) in [4.78, 5) is 18.2. The Labute approximate surface area is 173 Å². The molecule has 28 heavy (non-hydrogen) atoms. The van der Waals surface area contributed by atoms with Crippen LogP contribution >= 0.6 is 22.9 Å². The topological polar surface area (TPSA) is 76.1 Å². The van der Waals surface area contributed by atoms with Gasteiger partial charge in [0.25, 0.3) is 5.91 Å². The largest absolute Gasteiger partial charge is 0.346 e. The molecule has 0 atom stereocenters. The molecule has 0 bridgehead atoms. The Morgan fingerprint density at radius 2 is 1.75 bits per heavy atom. The van der Waals surface area contributed by atoms with E-state index in [1.807, 2.05) is 31.2 Å². The standard InChI is InChI=1S/C20H19ClN2O3S2/c1-3-28(25,26)17-10-6-15(7-11-17)20(24)22-12-18-23-19(13(2)27-18)14-4-8-16(21)9-5-14/h4-11H,3,12H2,1-2H3,(H,22,24). The third-order valence-electron chi connectivity index (χ3n) is 4.21. The summed E-state index contributed by atoms with van der Waals surface area (Å²) in [6.45, 7) is 3.87. The van der Waals surface area contributed by atoms with Crippen LogP contribution in [0.3, 0.4) is 0 Å². The molecule has 0 spiro atoms. The van der Waals surface area contributed by atoms with Gasteiger partial charge in [-0.05, 0) is 43.3 Å². The summed E-state index contributed by atoms with van der Waals surface area (Å²) in [5.41, 5.74) is 2.25. The van der Waals surface area contributed by atoms with Crippen LogP contribution in [0.15, 0.2) is 53.4 Å². The van der Waals surface area contributed by atoms with Crippen molar-refractivity contribution in [3.8, 4) is 11.3 Å². The number of carbonyl (C=O) groups is 1. The zero-order chi connectivity index (χ0) is 20.3. The maximum absolute atomic E-state index is 12.3. The third-order valence-corrected chi connectivity index (χ3v) is 7.19. The van der Waals surface area contributed by atoms with Crippen molar-refractivity contribution in [3.05, 3.63) is 69.0 Å². The Balaban J connectivity index is 1.68. The summed E-state index contributed by atoms with van der Waals surface area (Å²) in [7, 11) is -3.28. The molecule has 0 unspecified atom stereocenters. The Morgan fingerprint density at radius 1 is 1.11 bits per heavy atom. The molecule has 0 saturated carbocycles. The number of hydrogen-bond acceptors (Lipinski definition) is 5. The van der Waals surface area contributed by atoms with Crippen molar-refractivity contribution in [1.82, 2.24) is 10.3 Å². The maximum Gasteiger partial charge on any atom is 0.251 e. The first-order chi connectivity index (χ1) is 13.3. The molecular formula is C20H19ClN2O3S2. The van der Waals surface area contributed by atoms with Crippen LogP contribution in [-0.2, 0) is 16.4 Å². The number of aryl methyl sites for hydroxylation is 1. The van der Waals surface area contributed by atoms with Gasteiger partial charge >= 0.3 is 0 Å². The predicted octanol–water partition coefficient (Wildman–Crippen LogP) is 4.50. The lowest BCUT2D eigenvalue weighted by molar-refractivity contribution is 0.0951. The van der Waals surface area contributed by atoms with Gasteiger partial charge in [0.05, 0.1) is 22.9 Å². The first-order valence-electron chi connectivity index (χ1n) is 8.63. The molecule has 3 rings (SSSR count). The molecule has 1 aromatic heterocycles. The molecule has 0 aliphatic carbocycles. The van der Waals surface area contributed by atoms with Crippen molar-refractivity contribution in [1.29, 1.82) is 0 Å². The summed E-state index contributed by atoms with van der Waals surface area (Å²) in [6, 6.07) is 13.4. The minimum Gasteiger partial charge on any atom is -0.346 e. The summed E-state index contributed by atoms with van der Waals surface area (Å²) >= 11 is 7.45. The van der Waals surface area contributed by atoms with Gasteiger partial charge in [-0.15, -0.1) is 11.3 Å². The number of nitrogens with one attached hydrogen (secondary N) is 1. The number of hydrogen-bond donors (Lipinski definition) is 1. The summed E-state index contributed by atoms with van der Waals surface area (Å²) in [6.07, 6.45) is 0. The normalized spacial score (nSPS) is 11.4. The second-order valence-corrected chi connectivity index (χ2v) is 10.1. The lowest BCUT2D eigenvalue weighted by Crippen LogP contribution is -2.22. The van der Waals surface area contributed by atoms with E-state index in [-0.39, 0.29) is 16.6 Å². The first kappa shape index (κ1) is 20.5. The molecule has 146 valence electrons. The molecule has 0 fully saturated rings. The van der Waals surface area contributed by atoms with E-state index in [0.717, 1.165) is 21.1 Å². The molecule has 8 heteroatoms. The highest BCUT2D eigenvalue weighted by Gasteiger charge is 2.14. The predicted molar refractivity (Wildman–Crippen MR) is 113 cm³/mol. The van der Waals surface area contributed by atoms with Crippen LogP contribution in [0.4, 0.5) is 0 Å². The van der Waals surface area contributed by atoms with Crippen LogP contribution in [0, 0.1) is 6.92 Å². The highest BCUT2D eigenvalue weighted by Crippen LogP contribution is 2.28. The Kier molecular flexibility index (Phi) is 6.17. The molecule has 1 N–H and O–H groups in total. The van der Waals surface area contributed by atoms with E-state index in [1.54, 1.807) is 6.92 Å². The average Bonchev–Trinajstić information content (AvgIpc) is 3.07. The summed E-state index contributed by atoms with van der Waals surface area (Å²) in [5.74, 6) is -0.251. The highest BCUT2D eigenvalue weighted by atomic mass is 35.5. The number of amides is 1. The minimum absolute atomic E-state index is 0.0257. The molecule has 1 heterocycles. The summed E-state index contributed by atoms with van der Waals surface area (Å²) < 4.78 is 23.7. The second kappa shape index (κ2) is 8.43. The van der Waals surface area contributed by atoms with Crippen LogP contribution < -0.4 is 5.32 Å². The smallest absolute Gasteiger partial charge is 0.251 e. The van der Waals surface area contributed by atoms with Gasteiger partial charge in [-0.1, -0.05) is 30.7 Å². The third kappa shape index (κ3) is 4.60. The number of rotatable bonds is 6. The van der Waals surface area contributed by atoms with Crippen LogP contribution in [0.5, 0.6) is 0 Å². The van der Waals surface area contributed by atoms with Gasteiger partial charge in [-0.25, -0.2) is 13.4 Å². The number of sulfone groups is 1. The fourth-order valence-corrected chi connectivity index (χ4v) is 4.55. The average molecular weight is 435 g/mol. The van der Waals surface area contributed by atoms with Crippen LogP contribution in [-0.4, -0.2) is 25.1 Å². The van der Waals surface area contributed by atoms with E-state index in [4.69, 9.17) is 11.6 Å². The lowest BCUT2D eigenvalue weighted by Gasteiger charge is -2.05. The fraction of sp³-hybridized carbons (Fsp3) is 0.200. The van der Waals surface area contributed by atoms with Gasteiger partial charge in [0.2, 0.25) is 0 Å². The van der Waals surface area contributed by atoms with Crippen LogP contribution in [0.2, 0.25) is 5.02 Å². The highest BCUT2D eigenvalue weighted by molar-refractivity contribution is 7.91. The van der Waals surface area contributed by atoms with Gasteiger partial charge in [0, 0.05) is 21.0 Å². The molecule has 0 aliphatic rings. The number of benzene rings is 2. The van der Waals surface area contributed by atoms with Crippen molar-refractivity contribution in [2.24, 2.45) is 0 Å². The van der Waals surface area contributed by atoms with E-state index >= 15 is 0 Å². The molecule has 3 aromatic rings. The van der Waals surface area contributed by atoms with Crippen molar-refractivity contribution < 1.29 is 13.2 Å². The quantitative estimate of drug-likeness (QED) is 0.619. The van der Waals surface area contributed by atoms with Gasteiger partial charge < -0.3 is 5.32 Å². The number of nitrogens with zero attached hydrogens (tertiary/aromatic N) is 1. The van der Waals surface area contributed by atoms with Gasteiger partial charge in [0.15, 0.2) is 9.84 Å². The number of thiazole rings is 1. The minimum atomic E-state index is -3.28. The van der Waals surface area contributed by atoms with Crippen LogP contribution in [0.25, 0.3) is 11.3 Å². The monoisotopic (exact) mass is 434 g/mol. The van der Waals surface area contributed by atoms with Crippen LogP contribution in [0.1, 0.15) is 27.2 Å². The van der Waals surface area contributed by atoms with Crippen molar-refractivity contribution in [2.45, 2.75) is 25.3 Å². The Bertz CT molecular complexity index is 1090.